The average molecular weight is 482 g/mol. The first-order chi connectivity index (χ1) is 16.4. The van der Waals surface area contributed by atoms with Crippen molar-refractivity contribution in [3.63, 3.8) is 0 Å². The molecule has 11 heteroatoms. The van der Waals surface area contributed by atoms with E-state index in [1.54, 1.807) is 55.7 Å². The maximum atomic E-state index is 13.3. The number of hydrogen-bond donors (Lipinski definition) is 1. The second-order valence-electron chi connectivity index (χ2n) is 7.11. The first-order valence-corrected chi connectivity index (χ1v) is 11.1. The summed E-state index contributed by atoms with van der Waals surface area (Å²) >= 11 is 1.05. The summed E-state index contributed by atoms with van der Waals surface area (Å²) in [5, 5.41) is 2.63. The molecule has 0 unspecified atom stereocenters. The monoisotopic (exact) mass is 481 g/mol. The number of H-pyrrole nitrogens is 1. The first-order valence-electron chi connectivity index (χ1n) is 10.1. The third-order valence-corrected chi connectivity index (χ3v) is 5.92. The zero-order valence-corrected chi connectivity index (χ0v) is 19.4. The van der Waals surface area contributed by atoms with Gasteiger partial charge in [-0.25, -0.2) is 9.79 Å². The largest absolute Gasteiger partial charge is 0.497 e. The quantitative estimate of drug-likeness (QED) is 0.312. The average Bonchev–Trinajstić information content (AvgIpc) is 3.35. The zero-order chi connectivity index (χ0) is 24.2. The summed E-state index contributed by atoms with van der Waals surface area (Å²) in [6.45, 7) is 0. The van der Waals surface area contributed by atoms with Gasteiger partial charge in [0.15, 0.2) is 12.2 Å². The summed E-state index contributed by atoms with van der Waals surface area (Å²) in [5.41, 5.74) is 0.534. The molecule has 1 aromatic heterocycles. The van der Waals surface area contributed by atoms with Crippen molar-refractivity contribution >= 4 is 40.4 Å². The van der Waals surface area contributed by atoms with Crippen LogP contribution in [0.5, 0.6) is 11.5 Å². The van der Waals surface area contributed by atoms with E-state index >= 15 is 0 Å². The zero-order valence-electron chi connectivity index (χ0n) is 18.6. The number of hydrogen-bond acceptors (Lipinski definition) is 8. The molecule has 0 saturated carbocycles. The van der Waals surface area contributed by atoms with E-state index in [1.165, 1.54) is 23.7 Å². The summed E-state index contributed by atoms with van der Waals surface area (Å²) < 4.78 is 16.5. The van der Waals surface area contributed by atoms with E-state index in [0.29, 0.717) is 27.9 Å². The Bertz CT molecular complexity index is 1360. The van der Waals surface area contributed by atoms with Crippen molar-refractivity contribution < 1.29 is 28.3 Å². The van der Waals surface area contributed by atoms with Gasteiger partial charge in [0.25, 0.3) is 5.91 Å². The van der Waals surface area contributed by atoms with Gasteiger partial charge in [-0.15, -0.1) is 0 Å². The van der Waals surface area contributed by atoms with E-state index in [1.807, 2.05) is 6.07 Å². The number of nitrogens with one attached hydrogen (secondary N) is 1. The molecule has 0 bridgehead atoms. The van der Waals surface area contributed by atoms with E-state index in [9.17, 15) is 14.4 Å². The summed E-state index contributed by atoms with van der Waals surface area (Å²) in [7, 11) is 4.58. The number of para-hydroxylation sites is 1. The van der Waals surface area contributed by atoms with Gasteiger partial charge in [-0.2, -0.15) is 0 Å². The topological polar surface area (TPSA) is 118 Å². The summed E-state index contributed by atoms with van der Waals surface area (Å²) in [6, 6.07) is 14.2. The number of amidine groups is 1. The lowest BCUT2D eigenvalue weighted by Gasteiger charge is -2.17. The van der Waals surface area contributed by atoms with Gasteiger partial charge in [0, 0.05) is 11.6 Å². The van der Waals surface area contributed by atoms with Crippen LogP contribution < -0.4 is 24.7 Å². The number of carbonyl (C=O) groups is 2. The van der Waals surface area contributed by atoms with Crippen LogP contribution in [0.4, 0.5) is 5.69 Å². The van der Waals surface area contributed by atoms with Crippen molar-refractivity contribution in [1.82, 2.24) is 5.27 Å². The SMILES string of the molecule is COc1ccc(/C=C2/N=C(SCC(=O)c3c(=O)o[nH][n+]3C)N(c3ccccc3)C2=O)c(OC)c1. The van der Waals surface area contributed by atoms with Crippen molar-refractivity contribution in [1.29, 1.82) is 0 Å². The van der Waals surface area contributed by atoms with E-state index < -0.39 is 11.4 Å². The molecule has 1 N–H and O–H groups in total. The van der Waals surface area contributed by atoms with Gasteiger partial charge in [0.1, 0.15) is 17.2 Å². The Balaban J connectivity index is 1.68. The Labute approximate surface area is 198 Å². The minimum absolute atomic E-state index is 0.120. The van der Waals surface area contributed by atoms with Gasteiger partial charge < -0.3 is 9.47 Å². The van der Waals surface area contributed by atoms with Crippen LogP contribution in [0.15, 0.2) is 68.5 Å². The Morgan fingerprint density at radius 3 is 2.59 bits per heavy atom. The lowest BCUT2D eigenvalue weighted by Crippen LogP contribution is -2.40. The second kappa shape index (κ2) is 9.79. The fourth-order valence-electron chi connectivity index (χ4n) is 3.32. The molecule has 0 spiro atoms. The number of aliphatic imine (C=N–C) groups is 1. The molecule has 1 amide bonds. The highest BCUT2D eigenvalue weighted by molar-refractivity contribution is 8.14. The lowest BCUT2D eigenvalue weighted by atomic mass is 10.1. The summed E-state index contributed by atoms with van der Waals surface area (Å²) in [4.78, 5) is 43.7. The molecule has 2 aromatic carbocycles. The van der Waals surface area contributed by atoms with Crippen molar-refractivity contribution in [3.05, 3.63) is 75.9 Å². The van der Waals surface area contributed by atoms with Crippen molar-refractivity contribution in [2.24, 2.45) is 12.0 Å². The van der Waals surface area contributed by atoms with Crippen LogP contribution in [0.1, 0.15) is 16.1 Å². The molecular weight excluding hydrogens is 460 g/mol. The molecule has 2 heterocycles. The number of thioether (sulfide) groups is 1. The number of benzene rings is 2. The standard InChI is InChI=1S/C23H20N4O6S/c1-26-20(22(30)33-25-26)18(28)13-34-23-24-17(21(29)27(23)15-7-5-4-6-8-15)11-14-9-10-16(31-2)12-19(14)32-3/h4-12H,13H2,1-3H3/p+1/b17-11+. The number of ether oxygens (including phenoxy) is 2. The lowest BCUT2D eigenvalue weighted by molar-refractivity contribution is -0.741. The van der Waals surface area contributed by atoms with Crippen LogP contribution in [0.3, 0.4) is 0 Å². The molecule has 1 aliphatic heterocycles. The van der Waals surface area contributed by atoms with Crippen LogP contribution in [0, 0.1) is 0 Å². The second-order valence-corrected chi connectivity index (χ2v) is 8.05. The van der Waals surface area contributed by atoms with Gasteiger partial charge in [0.05, 0.1) is 25.7 Å². The highest BCUT2D eigenvalue weighted by Gasteiger charge is 2.34. The third-order valence-electron chi connectivity index (χ3n) is 4.98. The number of Topliss-reactive ketones (excluding diaryl/α,β-unsaturated/α-hetero) is 1. The highest BCUT2D eigenvalue weighted by atomic mass is 32.2. The van der Waals surface area contributed by atoms with Gasteiger partial charge in [-0.1, -0.05) is 34.6 Å². The molecular formula is C23H21N4O6S+. The van der Waals surface area contributed by atoms with Crippen LogP contribution in [0.2, 0.25) is 0 Å². The fourth-order valence-corrected chi connectivity index (χ4v) is 4.20. The molecule has 3 aromatic rings. The molecule has 0 saturated heterocycles. The first kappa shape index (κ1) is 23.1. The van der Waals surface area contributed by atoms with Gasteiger partial charge in [-0.3, -0.25) is 19.0 Å². The maximum absolute atomic E-state index is 13.3. The van der Waals surface area contributed by atoms with Gasteiger partial charge >= 0.3 is 11.3 Å². The van der Waals surface area contributed by atoms with Crippen molar-refractivity contribution in [2.45, 2.75) is 0 Å². The molecule has 10 nitrogen and oxygen atoms in total. The molecule has 0 atom stereocenters. The van der Waals surface area contributed by atoms with Crippen molar-refractivity contribution in [3.8, 4) is 11.5 Å². The molecule has 0 radical (unpaired) electrons. The van der Waals surface area contributed by atoms with E-state index in [-0.39, 0.29) is 23.1 Å². The Morgan fingerprint density at radius 2 is 1.94 bits per heavy atom. The number of anilines is 1. The summed E-state index contributed by atoms with van der Waals surface area (Å²) in [5.74, 6) is 0.198. The molecule has 34 heavy (non-hydrogen) atoms. The van der Waals surface area contributed by atoms with Gasteiger partial charge in [-0.05, 0) is 35.6 Å². The molecule has 1 aliphatic rings. The maximum Gasteiger partial charge on any atom is 0.438 e. The predicted octanol–water partition coefficient (Wildman–Crippen LogP) is 2.17. The van der Waals surface area contributed by atoms with Crippen LogP contribution in [-0.2, 0) is 11.8 Å². The molecule has 4 rings (SSSR count). The van der Waals surface area contributed by atoms with Crippen LogP contribution in [0.25, 0.3) is 6.08 Å². The number of amides is 1. The highest BCUT2D eigenvalue weighted by Crippen LogP contribution is 2.32. The summed E-state index contributed by atoms with van der Waals surface area (Å²) in [6.07, 6.45) is 1.62. The number of carbonyl (C=O) groups excluding carboxylic acids is 2. The van der Waals surface area contributed by atoms with E-state index in [2.05, 4.69) is 14.8 Å². The number of methoxy groups -OCH3 is 2. The number of aromatic amines is 1. The number of ketones is 1. The predicted molar refractivity (Wildman–Crippen MR) is 126 cm³/mol. The Kier molecular flexibility index (Phi) is 6.64. The smallest absolute Gasteiger partial charge is 0.438 e. The number of aryl methyl sites for hydroxylation is 1. The number of aromatic nitrogens is 2. The van der Waals surface area contributed by atoms with E-state index in [4.69, 9.17) is 9.47 Å². The Hall–Kier alpha value is -4.12. The minimum atomic E-state index is -0.760. The van der Waals surface area contributed by atoms with Crippen molar-refractivity contribution in [2.75, 3.05) is 24.9 Å². The van der Waals surface area contributed by atoms with Gasteiger partial charge in [0.2, 0.25) is 5.78 Å². The van der Waals surface area contributed by atoms with E-state index in [0.717, 1.165) is 11.8 Å². The number of rotatable bonds is 7. The Morgan fingerprint density at radius 1 is 1.18 bits per heavy atom. The van der Waals surface area contributed by atoms with Crippen LogP contribution in [-0.4, -0.2) is 42.1 Å². The minimum Gasteiger partial charge on any atom is -0.497 e. The third kappa shape index (κ3) is 4.50. The molecule has 0 fully saturated rings. The fraction of sp³-hybridized carbons (Fsp3) is 0.174. The number of nitrogens with zero attached hydrogens (tertiary/aromatic N) is 3. The van der Waals surface area contributed by atoms with Crippen LogP contribution >= 0.6 is 11.8 Å². The molecule has 0 aliphatic carbocycles. The molecule has 174 valence electrons. The normalized spacial score (nSPS) is 14.4.